The van der Waals surface area contributed by atoms with Gasteiger partial charge in [-0.2, -0.15) is 0 Å². The number of amides is 1. The number of carbonyl (C=O) groups excluding carboxylic acids is 1. The van der Waals surface area contributed by atoms with Crippen molar-refractivity contribution < 1.29 is 4.79 Å². The topological polar surface area (TPSA) is 80.2 Å². The molecule has 6 nitrogen and oxygen atoms in total. The van der Waals surface area contributed by atoms with E-state index in [4.69, 9.17) is 5.41 Å². The maximum Gasteiger partial charge on any atom is 0.270 e. The van der Waals surface area contributed by atoms with Gasteiger partial charge in [0.2, 0.25) is 0 Å². The summed E-state index contributed by atoms with van der Waals surface area (Å²) in [5.74, 6) is -0.280. The lowest BCUT2D eigenvalue weighted by Gasteiger charge is -2.28. The number of anilines is 2. The van der Waals surface area contributed by atoms with Crippen LogP contribution in [0.1, 0.15) is 50.5 Å². The van der Waals surface area contributed by atoms with Crippen LogP contribution in [0.4, 0.5) is 11.4 Å². The highest BCUT2D eigenvalue weighted by Gasteiger charge is 2.21. The minimum Gasteiger partial charge on any atom is -0.388 e. The van der Waals surface area contributed by atoms with Crippen LogP contribution in [0.25, 0.3) is 0 Å². The molecule has 0 aromatic heterocycles. The van der Waals surface area contributed by atoms with Crippen LogP contribution in [-0.4, -0.2) is 50.9 Å². The molecule has 0 saturated carbocycles. The number of benzene rings is 1. The Morgan fingerprint density at radius 3 is 2.44 bits per heavy atom. The molecule has 3 rings (SSSR count). The molecule has 0 unspecified atom stereocenters. The first-order valence-electron chi connectivity index (χ1n) is 10.4. The number of nitrogens with zero attached hydrogens (tertiary/aromatic N) is 1. The molecule has 2 aliphatic rings. The van der Waals surface area contributed by atoms with Gasteiger partial charge in [-0.3, -0.25) is 10.2 Å². The molecule has 0 aliphatic carbocycles. The van der Waals surface area contributed by atoms with Crippen molar-refractivity contribution >= 4 is 23.0 Å². The lowest BCUT2D eigenvalue weighted by molar-refractivity contribution is -0.115. The average molecular weight is 372 g/mol. The highest BCUT2D eigenvalue weighted by molar-refractivity contribution is 6.45. The third-order valence-corrected chi connectivity index (χ3v) is 5.66. The summed E-state index contributed by atoms with van der Waals surface area (Å²) in [6.45, 7) is 4.00. The lowest BCUT2D eigenvalue weighted by atomic mass is 10.0. The van der Waals surface area contributed by atoms with E-state index in [-0.39, 0.29) is 17.7 Å². The van der Waals surface area contributed by atoms with Gasteiger partial charge in [0.1, 0.15) is 5.71 Å². The van der Waals surface area contributed by atoms with Gasteiger partial charge < -0.3 is 20.9 Å². The molecule has 2 heterocycles. The molecular formula is C21H33N5O. The van der Waals surface area contributed by atoms with E-state index in [2.05, 4.69) is 33.0 Å². The Labute approximate surface area is 162 Å². The fourth-order valence-corrected chi connectivity index (χ4v) is 4.01. The van der Waals surface area contributed by atoms with Crippen molar-refractivity contribution in [1.29, 1.82) is 5.41 Å². The second-order valence-electron chi connectivity index (χ2n) is 7.61. The summed E-state index contributed by atoms with van der Waals surface area (Å²) >= 11 is 0. The van der Waals surface area contributed by atoms with Crippen LogP contribution in [0.2, 0.25) is 0 Å². The van der Waals surface area contributed by atoms with E-state index in [9.17, 15) is 4.79 Å². The summed E-state index contributed by atoms with van der Waals surface area (Å²) in [5, 5.41) is 17.9. The van der Waals surface area contributed by atoms with Crippen LogP contribution in [0.3, 0.4) is 0 Å². The van der Waals surface area contributed by atoms with Gasteiger partial charge in [0, 0.05) is 43.1 Å². The molecule has 2 saturated heterocycles. The van der Waals surface area contributed by atoms with Crippen molar-refractivity contribution in [3.05, 3.63) is 23.8 Å². The summed E-state index contributed by atoms with van der Waals surface area (Å²) in [6.07, 6.45) is 8.25. The number of carbonyl (C=O) groups is 1. The molecule has 2 aliphatic heterocycles. The van der Waals surface area contributed by atoms with Gasteiger partial charge in [-0.15, -0.1) is 0 Å². The van der Waals surface area contributed by atoms with Gasteiger partial charge in [0.25, 0.3) is 5.91 Å². The molecule has 148 valence electrons. The molecule has 4 N–H and O–H groups in total. The number of piperidine rings is 1. The zero-order chi connectivity index (χ0) is 19.1. The number of rotatable bonds is 5. The zero-order valence-corrected chi connectivity index (χ0v) is 16.4. The standard InChI is InChI=1S/C21H33N5O/c1-23-19-15-17(26-13-5-3-2-4-6-14-26)7-8-18(19)20(22)21(27)25-16-9-11-24-12-10-16/h7-8,15-16,22-24H,2-6,9-14H2,1H3,(H,25,27). The average Bonchev–Trinajstić information content (AvgIpc) is 2.67. The molecule has 0 spiro atoms. The van der Waals surface area contributed by atoms with Gasteiger partial charge in [-0.1, -0.05) is 19.3 Å². The van der Waals surface area contributed by atoms with Gasteiger partial charge in [-0.05, 0) is 57.0 Å². The minimum absolute atomic E-state index is 0.0390. The van der Waals surface area contributed by atoms with E-state index in [1.165, 1.54) is 37.8 Å². The monoisotopic (exact) mass is 371 g/mol. The van der Waals surface area contributed by atoms with Crippen LogP contribution in [0.5, 0.6) is 0 Å². The van der Waals surface area contributed by atoms with Crippen molar-refractivity contribution in [3.8, 4) is 0 Å². The van der Waals surface area contributed by atoms with E-state index in [1.54, 1.807) is 0 Å². The third-order valence-electron chi connectivity index (χ3n) is 5.66. The van der Waals surface area contributed by atoms with Crippen LogP contribution >= 0.6 is 0 Å². The molecule has 0 bridgehead atoms. The third kappa shape index (κ3) is 5.22. The first-order valence-corrected chi connectivity index (χ1v) is 10.4. The predicted octanol–water partition coefficient (Wildman–Crippen LogP) is 2.73. The molecule has 1 aromatic carbocycles. The Bertz CT molecular complexity index is 646. The van der Waals surface area contributed by atoms with Gasteiger partial charge in [-0.25, -0.2) is 0 Å². The van der Waals surface area contributed by atoms with Crippen molar-refractivity contribution in [2.45, 2.75) is 51.0 Å². The van der Waals surface area contributed by atoms with Crippen LogP contribution < -0.4 is 20.9 Å². The quantitative estimate of drug-likeness (QED) is 0.600. The second kappa shape index (κ2) is 9.74. The Morgan fingerprint density at radius 1 is 1.11 bits per heavy atom. The highest BCUT2D eigenvalue weighted by Crippen LogP contribution is 2.26. The maximum atomic E-state index is 12.6. The van der Waals surface area contributed by atoms with Crippen LogP contribution in [-0.2, 0) is 4.79 Å². The fourth-order valence-electron chi connectivity index (χ4n) is 4.01. The first-order chi connectivity index (χ1) is 13.2. The zero-order valence-electron chi connectivity index (χ0n) is 16.4. The summed E-state index contributed by atoms with van der Waals surface area (Å²) in [7, 11) is 1.86. The van der Waals surface area contributed by atoms with Crippen molar-refractivity contribution in [1.82, 2.24) is 10.6 Å². The molecule has 1 amide bonds. The fraction of sp³-hybridized carbons (Fsp3) is 0.619. The van der Waals surface area contributed by atoms with E-state index >= 15 is 0 Å². The normalized spacial score (nSPS) is 19.1. The Balaban J connectivity index is 1.70. The molecule has 2 fully saturated rings. The highest BCUT2D eigenvalue weighted by atomic mass is 16.1. The minimum atomic E-state index is -0.280. The van der Waals surface area contributed by atoms with E-state index in [1.807, 2.05) is 13.1 Å². The molecular weight excluding hydrogens is 338 g/mol. The van der Waals surface area contributed by atoms with E-state index in [0.29, 0.717) is 5.56 Å². The van der Waals surface area contributed by atoms with E-state index in [0.717, 1.165) is 44.7 Å². The molecule has 1 aromatic rings. The molecule has 6 heteroatoms. The van der Waals surface area contributed by atoms with E-state index < -0.39 is 0 Å². The number of hydrogen-bond donors (Lipinski definition) is 4. The Kier molecular flexibility index (Phi) is 7.10. The number of hydrogen-bond acceptors (Lipinski definition) is 5. The maximum absolute atomic E-state index is 12.6. The molecule has 0 atom stereocenters. The molecule has 0 radical (unpaired) electrons. The smallest absolute Gasteiger partial charge is 0.270 e. The summed E-state index contributed by atoms with van der Waals surface area (Å²) in [6, 6.07) is 6.23. The summed E-state index contributed by atoms with van der Waals surface area (Å²) in [4.78, 5) is 15.0. The second-order valence-corrected chi connectivity index (χ2v) is 7.61. The number of nitrogens with one attached hydrogen (secondary N) is 4. The largest absolute Gasteiger partial charge is 0.388 e. The van der Waals surface area contributed by atoms with Crippen molar-refractivity contribution in [2.24, 2.45) is 0 Å². The van der Waals surface area contributed by atoms with Gasteiger partial charge >= 0.3 is 0 Å². The van der Waals surface area contributed by atoms with Crippen molar-refractivity contribution in [3.63, 3.8) is 0 Å². The van der Waals surface area contributed by atoms with Crippen LogP contribution in [0.15, 0.2) is 18.2 Å². The molecule has 27 heavy (non-hydrogen) atoms. The lowest BCUT2D eigenvalue weighted by Crippen LogP contribution is -2.45. The van der Waals surface area contributed by atoms with Gasteiger partial charge in [0.05, 0.1) is 0 Å². The Morgan fingerprint density at radius 2 is 1.78 bits per heavy atom. The van der Waals surface area contributed by atoms with Crippen molar-refractivity contribution in [2.75, 3.05) is 43.4 Å². The summed E-state index contributed by atoms with van der Waals surface area (Å²) in [5.41, 5.74) is 2.73. The first kappa shape index (κ1) is 19.7. The predicted molar refractivity (Wildman–Crippen MR) is 112 cm³/mol. The van der Waals surface area contributed by atoms with Crippen LogP contribution in [0, 0.1) is 5.41 Å². The summed E-state index contributed by atoms with van der Waals surface area (Å²) < 4.78 is 0. The Hall–Kier alpha value is -2.08. The van der Waals surface area contributed by atoms with Gasteiger partial charge in [0.15, 0.2) is 0 Å². The SMILES string of the molecule is CNc1cc(N2CCCCCCC2)ccc1C(=N)C(=O)NC1CCNCC1.